The molecule has 0 saturated carbocycles. The maximum absolute atomic E-state index is 12.0. The number of rotatable bonds is 5. The molecule has 6 nitrogen and oxygen atoms in total. The van der Waals surface area contributed by atoms with Gasteiger partial charge in [-0.2, -0.15) is 0 Å². The maximum atomic E-state index is 12.0. The van der Waals surface area contributed by atoms with Gasteiger partial charge in [0.2, 0.25) is 0 Å². The zero-order chi connectivity index (χ0) is 17.7. The quantitative estimate of drug-likeness (QED) is 0.578. The third-order valence-electron chi connectivity index (χ3n) is 3.01. The number of benzene rings is 2. The number of nitrogens with two attached hydrogens (primary N) is 1. The Hall–Kier alpha value is -2.25. The Bertz CT molecular complexity index is 783. The minimum atomic E-state index is -0.684. The van der Waals surface area contributed by atoms with Gasteiger partial charge in [-0.25, -0.2) is 4.79 Å². The largest absolute Gasteiger partial charge is 0.495 e. The van der Waals surface area contributed by atoms with Crippen molar-refractivity contribution in [3.05, 3.63) is 51.5 Å². The van der Waals surface area contributed by atoms with Gasteiger partial charge in [0.25, 0.3) is 5.91 Å². The molecular weight excluding hydrogens is 400 g/mol. The maximum Gasteiger partial charge on any atom is 0.340 e. The molecule has 8 heteroatoms. The minimum absolute atomic E-state index is 0.185. The van der Waals surface area contributed by atoms with Crippen LogP contribution >= 0.6 is 27.5 Å². The predicted molar refractivity (Wildman–Crippen MR) is 95.5 cm³/mol. The van der Waals surface area contributed by atoms with Gasteiger partial charge in [-0.05, 0) is 36.4 Å². The molecule has 0 fully saturated rings. The van der Waals surface area contributed by atoms with E-state index in [4.69, 9.17) is 26.8 Å². The summed E-state index contributed by atoms with van der Waals surface area (Å²) in [6.07, 6.45) is 0. The number of methoxy groups -OCH3 is 1. The van der Waals surface area contributed by atoms with Crippen molar-refractivity contribution in [2.75, 3.05) is 24.8 Å². The number of hydrogen-bond acceptors (Lipinski definition) is 5. The molecule has 0 aromatic heterocycles. The molecule has 0 saturated heterocycles. The molecule has 2 aromatic rings. The fourth-order valence-electron chi connectivity index (χ4n) is 1.86. The smallest absolute Gasteiger partial charge is 0.340 e. The van der Waals surface area contributed by atoms with Crippen LogP contribution in [-0.4, -0.2) is 25.6 Å². The Kier molecular flexibility index (Phi) is 6.05. The molecule has 0 unspecified atom stereocenters. The van der Waals surface area contributed by atoms with Gasteiger partial charge in [0.05, 0.1) is 17.7 Å². The number of nitrogen functional groups attached to an aromatic ring is 1. The lowest BCUT2D eigenvalue weighted by molar-refractivity contribution is -0.119. The lowest BCUT2D eigenvalue weighted by Crippen LogP contribution is -2.21. The van der Waals surface area contributed by atoms with Gasteiger partial charge in [0.1, 0.15) is 5.75 Å². The molecule has 0 aliphatic carbocycles. The van der Waals surface area contributed by atoms with Crippen LogP contribution in [0.2, 0.25) is 5.02 Å². The second-order valence-electron chi connectivity index (χ2n) is 4.71. The van der Waals surface area contributed by atoms with E-state index < -0.39 is 18.5 Å². The van der Waals surface area contributed by atoms with Crippen molar-refractivity contribution in [2.45, 2.75) is 0 Å². The molecule has 0 aliphatic rings. The lowest BCUT2D eigenvalue weighted by Gasteiger charge is -2.09. The molecule has 126 valence electrons. The Balaban J connectivity index is 1.94. The number of carbonyl (C=O) groups excluding carboxylic acids is 2. The van der Waals surface area contributed by atoms with Crippen LogP contribution in [0, 0.1) is 0 Å². The predicted octanol–water partition coefficient (Wildman–Crippen LogP) is 3.49. The normalized spacial score (nSPS) is 10.1. The highest BCUT2D eigenvalue weighted by molar-refractivity contribution is 9.10. The fourth-order valence-corrected chi connectivity index (χ4v) is 2.47. The number of hydrogen-bond donors (Lipinski definition) is 2. The number of nitrogens with one attached hydrogen (secondary N) is 1. The molecule has 3 N–H and O–H groups in total. The third kappa shape index (κ3) is 4.62. The van der Waals surface area contributed by atoms with Gasteiger partial charge >= 0.3 is 5.97 Å². The van der Waals surface area contributed by atoms with Crippen molar-refractivity contribution in [1.82, 2.24) is 0 Å². The molecular formula is C16H14BrClN2O4. The molecule has 2 aromatic carbocycles. The van der Waals surface area contributed by atoms with Crippen LogP contribution in [0.5, 0.6) is 5.75 Å². The first kappa shape index (κ1) is 18.1. The summed E-state index contributed by atoms with van der Waals surface area (Å²) >= 11 is 9.21. The van der Waals surface area contributed by atoms with E-state index in [1.165, 1.54) is 19.2 Å². The van der Waals surface area contributed by atoms with Gasteiger partial charge in [-0.3, -0.25) is 4.79 Å². The van der Waals surface area contributed by atoms with E-state index in [-0.39, 0.29) is 11.3 Å². The first-order valence-electron chi connectivity index (χ1n) is 6.76. The number of carbonyl (C=O) groups is 2. The van der Waals surface area contributed by atoms with E-state index in [9.17, 15) is 9.59 Å². The van der Waals surface area contributed by atoms with E-state index in [0.717, 1.165) is 0 Å². The highest BCUT2D eigenvalue weighted by atomic mass is 79.9. The van der Waals surface area contributed by atoms with Crippen LogP contribution in [0.3, 0.4) is 0 Å². The molecule has 0 bridgehead atoms. The van der Waals surface area contributed by atoms with E-state index in [1.807, 2.05) is 0 Å². The van der Waals surface area contributed by atoms with Gasteiger partial charge < -0.3 is 20.5 Å². The van der Waals surface area contributed by atoms with Crippen LogP contribution in [0.25, 0.3) is 0 Å². The van der Waals surface area contributed by atoms with E-state index >= 15 is 0 Å². The summed E-state index contributed by atoms with van der Waals surface area (Å²) in [5.41, 5.74) is 6.63. The molecule has 24 heavy (non-hydrogen) atoms. The summed E-state index contributed by atoms with van der Waals surface area (Å²) in [6.45, 7) is -0.450. The van der Waals surface area contributed by atoms with Crippen molar-refractivity contribution in [3.8, 4) is 5.75 Å². The number of amides is 1. The SMILES string of the molecule is COc1ccc(NC(=O)COC(=O)c2cc(Br)ccc2N)cc1Cl. The van der Waals surface area contributed by atoms with E-state index in [1.54, 1.807) is 24.3 Å². The summed E-state index contributed by atoms with van der Waals surface area (Å²) in [5, 5.41) is 2.93. The second-order valence-corrected chi connectivity index (χ2v) is 6.03. The average molecular weight is 414 g/mol. The number of anilines is 2. The molecule has 0 aliphatic heterocycles. The number of ether oxygens (including phenoxy) is 2. The van der Waals surface area contributed by atoms with Crippen molar-refractivity contribution in [2.24, 2.45) is 0 Å². The third-order valence-corrected chi connectivity index (χ3v) is 3.79. The molecule has 2 rings (SSSR count). The summed E-state index contributed by atoms with van der Waals surface area (Å²) < 4.78 is 10.7. The van der Waals surface area contributed by atoms with Crippen molar-refractivity contribution in [3.63, 3.8) is 0 Å². The number of halogens is 2. The fraction of sp³-hybridized carbons (Fsp3) is 0.125. The first-order valence-corrected chi connectivity index (χ1v) is 7.93. The van der Waals surface area contributed by atoms with Crippen LogP contribution < -0.4 is 15.8 Å². The molecule has 0 atom stereocenters. The van der Waals surface area contributed by atoms with Crippen molar-refractivity contribution >= 4 is 50.8 Å². The molecule has 0 heterocycles. The topological polar surface area (TPSA) is 90.6 Å². The van der Waals surface area contributed by atoms with Gasteiger partial charge in [0, 0.05) is 15.8 Å². The van der Waals surface area contributed by atoms with E-state index in [0.29, 0.717) is 20.9 Å². The lowest BCUT2D eigenvalue weighted by atomic mass is 10.2. The van der Waals surface area contributed by atoms with Crippen LogP contribution in [0.15, 0.2) is 40.9 Å². The standard InChI is InChI=1S/C16H14BrClN2O4/c1-23-14-5-3-10(7-12(14)18)20-15(21)8-24-16(22)11-6-9(17)2-4-13(11)19/h2-7H,8,19H2,1H3,(H,20,21). The average Bonchev–Trinajstić information content (AvgIpc) is 2.55. The Morgan fingerprint density at radius 3 is 2.67 bits per heavy atom. The Morgan fingerprint density at radius 1 is 1.25 bits per heavy atom. The summed E-state index contributed by atoms with van der Waals surface area (Å²) in [7, 11) is 1.49. The van der Waals surface area contributed by atoms with Gasteiger partial charge in [0.15, 0.2) is 6.61 Å². The summed E-state index contributed by atoms with van der Waals surface area (Å²) in [4.78, 5) is 23.8. The van der Waals surface area contributed by atoms with Crippen LogP contribution in [0.1, 0.15) is 10.4 Å². The molecule has 0 spiro atoms. The van der Waals surface area contributed by atoms with Gasteiger partial charge in [-0.1, -0.05) is 27.5 Å². The summed E-state index contributed by atoms with van der Waals surface area (Å²) in [6, 6.07) is 9.57. The van der Waals surface area contributed by atoms with Crippen molar-refractivity contribution in [1.29, 1.82) is 0 Å². The zero-order valence-corrected chi connectivity index (χ0v) is 15.0. The minimum Gasteiger partial charge on any atom is -0.495 e. The van der Waals surface area contributed by atoms with Crippen LogP contribution in [0.4, 0.5) is 11.4 Å². The zero-order valence-electron chi connectivity index (χ0n) is 12.6. The van der Waals surface area contributed by atoms with Crippen LogP contribution in [-0.2, 0) is 9.53 Å². The first-order chi connectivity index (χ1) is 11.4. The molecule has 0 radical (unpaired) electrons. The Labute approximate surface area is 152 Å². The highest BCUT2D eigenvalue weighted by Crippen LogP contribution is 2.27. The Morgan fingerprint density at radius 2 is 2.00 bits per heavy atom. The number of esters is 1. The van der Waals surface area contributed by atoms with Gasteiger partial charge in [-0.15, -0.1) is 0 Å². The highest BCUT2D eigenvalue weighted by Gasteiger charge is 2.14. The van der Waals surface area contributed by atoms with E-state index in [2.05, 4.69) is 21.2 Å². The van der Waals surface area contributed by atoms with Crippen molar-refractivity contribution < 1.29 is 19.1 Å². The molecule has 1 amide bonds. The summed E-state index contributed by atoms with van der Waals surface area (Å²) in [5.74, 6) is -0.693. The monoisotopic (exact) mass is 412 g/mol. The second kappa shape index (κ2) is 8.03.